The molecule has 0 unspecified atom stereocenters. The second-order valence-corrected chi connectivity index (χ2v) is 8.98. The number of carbonyl (C=O) groups is 2. The molecule has 0 spiro atoms. The Labute approximate surface area is 190 Å². The summed E-state index contributed by atoms with van der Waals surface area (Å²) >= 11 is 0. The van der Waals surface area contributed by atoms with Crippen molar-refractivity contribution >= 4 is 11.8 Å². The number of carbonyl (C=O) groups excluding carboxylic acids is 2. The Morgan fingerprint density at radius 1 is 1.06 bits per heavy atom. The van der Waals surface area contributed by atoms with Crippen LogP contribution in [-0.2, 0) is 19.7 Å². The number of nitrogens with zero attached hydrogens (tertiary/aromatic N) is 2. The van der Waals surface area contributed by atoms with Crippen LogP contribution < -0.4 is 14.8 Å². The van der Waals surface area contributed by atoms with E-state index in [9.17, 15) is 9.59 Å². The molecule has 2 amide bonds. The monoisotopic (exact) mass is 445 g/mol. The molecule has 2 aliphatic heterocycles. The Morgan fingerprint density at radius 2 is 1.81 bits per heavy atom. The van der Waals surface area contributed by atoms with Crippen LogP contribution in [0.3, 0.4) is 0 Å². The van der Waals surface area contributed by atoms with Crippen molar-refractivity contribution in [2.75, 3.05) is 59.8 Å². The van der Waals surface area contributed by atoms with E-state index >= 15 is 0 Å². The molecule has 0 atom stereocenters. The lowest BCUT2D eigenvalue weighted by Crippen LogP contribution is -2.56. The summed E-state index contributed by atoms with van der Waals surface area (Å²) < 4.78 is 16.1. The van der Waals surface area contributed by atoms with Gasteiger partial charge in [-0.3, -0.25) is 14.5 Å². The van der Waals surface area contributed by atoms with E-state index in [1.54, 1.807) is 7.11 Å². The quantitative estimate of drug-likeness (QED) is 0.616. The van der Waals surface area contributed by atoms with Crippen molar-refractivity contribution in [3.05, 3.63) is 23.8 Å². The van der Waals surface area contributed by atoms with Crippen LogP contribution in [-0.4, -0.2) is 81.4 Å². The van der Waals surface area contributed by atoms with Crippen molar-refractivity contribution in [2.24, 2.45) is 0 Å². The normalized spacial score (nSPS) is 20.2. The molecule has 8 nitrogen and oxygen atoms in total. The minimum atomic E-state index is -0.486. The summed E-state index contributed by atoms with van der Waals surface area (Å²) in [6, 6.07) is 5.99. The van der Waals surface area contributed by atoms with Gasteiger partial charge in [-0.25, -0.2) is 0 Å². The molecule has 1 aliphatic carbocycles. The van der Waals surface area contributed by atoms with Gasteiger partial charge in [-0.15, -0.1) is 0 Å². The summed E-state index contributed by atoms with van der Waals surface area (Å²) in [7, 11) is 1.66. The summed E-state index contributed by atoms with van der Waals surface area (Å²) in [5.41, 5.74) is 0.560. The van der Waals surface area contributed by atoms with E-state index in [2.05, 4.69) is 10.2 Å². The van der Waals surface area contributed by atoms with Crippen LogP contribution in [0.4, 0.5) is 0 Å². The molecule has 1 saturated heterocycles. The van der Waals surface area contributed by atoms with Crippen LogP contribution in [0, 0.1) is 0 Å². The van der Waals surface area contributed by atoms with Crippen molar-refractivity contribution < 1.29 is 23.8 Å². The molecule has 8 heteroatoms. The smallest absolute Gasteiger partial charge is 0.234 e. The number of benzene rings is 1. The van der Waals surface area contributed by atoms with Gasteiger partial charge >= 0.3 is 0 Å². The second-order valence-electron chi connectivity index (χ2n) is 8.98. The first kappa shape index (κ1) is 22.9. The van der Waals surface area contributed by atoms with Gasteiger partial charge in [0.2, 0.25) is 18.6 Å². The minimum absolute atomic E-state index is 0.0324. The summed E-state index contributed by atoms with van der Waals surface area (Å²) in [5.74, 6) is 1.74. The van der Waals surface area contributed by atoms with Gasteiger partial charge in [0.05, 0.1) is 12.0 Å². The third kappa shape index (κ3) is 5.02. The van der Waals surface area contributed by atoms with Crippen molar-refractivity contribution in [3.8, 4) is 11.5 Å². The number of rotatable bonds is 8. The van der Waals surface area contributed by atoms with Gasteiger partial charge in [-0.1, -0.05) is 25.3 Å². The molecule has 1 aromatic rings. The fourth-order valence-electron chi connectivity index (χ4n) is 5.09. The highest BCUT2D eigenvalue weighted by Gasteiger charge is 2.44. The number of piperazine rings is 1. The number of hydrogen-bond acceptors (Lipinski definition) is 6. The molecule has 0 radical (unpaired) electrons. The predicted octanol–water partition coefficient (Wildman–Crippen LogP) is 1.91. The van der Waals surface area contributed by atoms with E-state index in [-0.39, 0.29) is 18.6 Å². The zero-order chi connectivity index (χ0) is 22.4. The standard InChI is InChI=1S/C24H35N3O5/c1-30-15-5-10-25-22(28)17-26-11-13-27(14-12-26)23(29)24(8-3-2-4-9-24)19-6-7-20-21(16-19)32-18-31-20/h6-7,16H,2-5,8-15,17-18H2,1H3,(H,25,28). The van der Waals surface area contributed by atoms with Gasteiger partial charge in [0.25, 0.3) is 0 Å². The number of fused-ring (bicyclic) bond motifs is 1. The van der Waals surface area contributed by atoms with Gasteiger partial charge in [-0.05, 0) is 37.0 Å². The fourth-order valence-corrected chi connectivity index (χ4v) is 5.09. The maximum atomic E-state index is 13.9. The number of ether oxygens (including phenoxy) is 3. The largest absolute Gasteiger partial charge is 0.454 e. The van der Waals surface area contributed by atoms with Crippen molar-refractivity contribution in [1.29, 1.82) is 0 Å². The molecule has 0 bridgehead atoms. The molecule has 0 aromatic heterocycles. The Hall–Kier alpha value is -2.32. The van der Waals surface area contributed by atoms with Gasteiger partial charge in [0.15, 0.2) is 11.5 Å². The molecular weight excluding hydrogens is 410 g/mol. The number of amides is 2. The molecule has 1 N–H and O–H groups in total. The van der Waals surface area contributed by atoms with Gasteiger partial charge in [0, 0.05) is 46.4 Å². The second kappa shape index (κ2) is 10.5. The summed E-state index contributed by atoms with van der Waals surface area (Å²) in [4.78, 5) is 30.2. The van der Waals surface area contributed by atoms with Crippen LogP contribution in [0.25, 0.3) is 0 Å². The molecule has 1 saturated carbocycles. The molecule has 2 fully saturated rings. The molecule has 2 heterocycles. The first-order valence-corrected chi connectivity index (χ1v) is 11.8. The van der Waals surface area contributed by atoms with Crippen molar-refractivity contribution in [3.63, 3.8) is 0 Å². The van der Waals surface area contributed by atoms with Crippen LogP contribution >= 0.6 is 0 Å². The lowest BCUT2D eigenvalue weighted by molar-refractivity contribution is -0.140. The maximum Gasteiger partial charge on any atom is 0.234 e. The molecule has 4 rings (SSSR count). The Bertz CT molecular complexity index is 801. The molecule has 1 aromatic carbocycles. The molecular formula is C24H35N3O5. The topological polar surface area (TPSA) is 80.3 Å². The minimum Gasteiger partial charge on any atom is -0.454 e. The first-order chi connectivity index (χ1) is 15.6. The van der Waals surface area contributed by atoms with Crippen molar-refractivity contribution in [2.45, 2.75) is 43.9 Å². The van der Waals surface area contributed by atoms with Crippen LogP contribution in [0.5, 0.6) is 11.5 Å². The van der Waals surface area contributed by atoms with Crippen LogP contribution in [0.2, 0.25) is 0 Å². The van der Waals surface area contributed by atoms with E-state index in [4.69, 9.17) is 14.2 Å². The zero-order valence-corrected chi connectivity index (χ0v) is 19.1. The Morgan fingerprint density at radius 3 is 2.56 bits per heavy atom. The average Bonchev–Trinajstić information content (AvgIpc) is 3.30. The average molecular weight is 446 g/mol. The number of nitrogens with one attached hydrogen (secondary N) is 1. The number of hydrogen-bond donors (Lipinski definition) is 1. The highest BCUT2D eigenvalue weighted by Crippen LogP contribution is 2.44. The summed E-state index contributed by atoms with van der Waals surface area (Å²) in [5, 5.41) is 2.94. The van der Waals surface area contributed by atoms with E-state index in [1.165, 1.54) is 6.42 Å². The van der Waals surface area contributed by atoms with E-state index in [1.807, 2.05) is 23.1 Å². The van der Waals surface area contributed by atoms with Gasteiger partial charge < -0.3 is 24.4 Å². The third-order valence-electron chi connectivity index (χ3n) is 6.92. The molecule has 176 valence electrons. The Balaban J connectivity index is 1.37. The summed E-state index contributed by atoms with van der Waals surface area (Å²) in [6.45, 7) is 4.63. The van der Waals surface area contributed by atoms with Crippen LogP contribution in [0.1, 0.15) is 44.1 Å². The van der Waals surface area contributed by atoms with E-state index in [0.29, 0.717) is 45.9 Å². The van der Waals surface area contributed by atoms with Crippen LogP contribution in [0.15, 0.2) is 18.2 Å². The highest BCUT2D eigenvalue weighted by atomic mass is 16.7. The Kier molecular flexibility index (Phi) is 7.52. The van der Waals surface area contributed by atoms with Crippen molar-refractivity contribution in [1.82, 2.24) is 15.1 Å². The fraction of sp³-hybridized carbons (Fsp3) is 0.667. The highest BCUT2D eigenvalue weighted by molar-refractivity contribution is 5.89. The van der Waals surface area contributed by atoms with E-state index in [0.717, 1.165) is 49.2 Å². The van der Waals surface area contributed by atoms with E-state index < -0.39 is 5.41 Å². The third-order valence-corrected chi connectivity index (χ3v) is 6.92. The lowest BCUT2D eigenvalue weighted by Gasteiger charge is -2.43. The molecule has 32 heavy (non-hydrogen) atoms. The SMILES string of the molecule is COCCCNC(=O)CN1CCN(C(=O)C2(c3ccc4c(c3)OCO4)CCCCC2)CC1. The molecule has 3 aliphatic rings. The lowest BCUT2D eigenvalue weighted by atomic mass is 9.68. The van der Waals surface area contributed by atoms with Gasteiger partial charge in [0.1, 0.15) is 0 Å². The maximum absolute atomic E-state index is 13.9. The number of methoxy groups -OCH3 is 1. The van der Waals surface area contributed by atoms with Gasteiger partial charge in [-0.2, -0.15) is 0 Å². The first-order valence-electron chi connectivity index (χ1n) is 11.8. The summed E-state index contributed by atoms with van der Waals surface area (Å²) in [6.07, 6.45) is 5.84. The predicted molar refractivity (Wildman–Crippen MR) is 120 cm³/mol. The zero-order valence-electron chi connectivity index (χ0n) is 19.1.